The fraction of sp³-hybridized carbons (Fsp3) is 0.235. The number of aryl methyl sites for hydroxylation is 1. The molecule has 0 radical (unpaired) electrons. The predicted molar refractivity (Wildman–Crippen MR) is 80.0 cm³/mol. The lowest BCUT2D eigenvalue weighted by Crippen LogP contribution is -2.28. The molecule has 0 bridgehead atoms. The molecule has 1 amide bonds. The molecule has 0 atom stereocenters. The van der Waals surface area contributed by atoms with Crippen LogP contribution in [0.1, 0.15) is 22.8 Å². The van der Waals surface area contributed by atoms with Crippen LogP contribution >= 0.6 is 0 Å². The Hall–Kier alpha value is -2.36. The molecule has 2 aromatic carbocycles. The van der Waals surface area contributed by atoms with E-state index >= 15 is 0 Å². The molecule has 0 saturated heterocycles. The van der Waals surface area contributed by atoms with Crippen LogP contribution in [0.25, 0.3) is 0 Å². The van der Waals surface area contributed by atoms with Crippen molar-refractivity contribution in [2.24, 2.45) is 0 Å². The first-order valence-electron chi connectivity index (χ1n) is 6.94. The number of carbonyl (C=O) groups is 1. The number of rotatable bonds is 6. The Labute approximate surface area is 123 Å². The molecule has 0 aliphatic heterocycles. The topological polar surface area (TPSA) is 38.3 Å². The summed E-state index contributed by atoms with van der Waals surface area (Å²) in [6.07, 6.45) is 0.990. The van der Waals surface area contributed by atoms with Crippen molar-refractivity contribution in [1.29, 1.82) is 0 Å². The lowest BCUT2D eigenvalue weighted by molar-refractivity contribution is 0.0946. The number of ether oxygens (including phenoxy) is 1. The molecule has 0 heterocycles. The van der Waals surface area contributed by atoms with Crippen LogP contribution in [-0.2, 0) is 6.42 Å². The molecule has 0 aliphatic carbocycles. The van der Waals surface area contributed by atoms with E-state index in [2.05, 4.69) is 12.2 Å². The summed E-state index contributed by atoms with van der Waals surface area (Å²) >= 11 is 0. The number of hydrogen-bond acceptors (Lipinski definition) is 2. The molecule has 0 saturated carbocycles. The molecule has 0 aliphatic rings. The highest BCUT2D eigenvalue weighted by Crippen LogP contribution is 2.12. The minimum atomic E-state index is -0.421. The maximum Gasteiger partial charge on any atom is 0.251 e. The summed E-state index contributed by atoms with van der Waals surface area (Å²) in [5, 5.41) is 2.69. The third kappa shape index (κ3) is 4.60. The zero-order valence-corrected chi connectivity index (χ0v) is 11.9. The van der Waals surface area contributed by atoms with E-state index in [9.17, 15) is 9.18 Å². The zero-order valence-electron chi connectivity index (χ0n) is 11.9. The van der Waals surface area contributed by atoms with Gasteiger partial charge in [-0.3, -0.25) is 4.79 Å². The number of amides is 1. The fourth-order valence-electron chi connectivity index (χ4n) is 1.89. The Morgan fingerprint density at radius 2 is 1.95 bits per heavy atom. The summed E-state index contributed by atoms with van der Waals surface area (Å²) in [5.41, 5.74) is 1.56. The monoisotopic (exact) mass is 287 g/mol. The molecule has 0 spiro atoms. The summed E-state index contributed by atoms with van der Waals surface area (Å²) in [6, 6.07) is 13.4. The van der Waals surface area contributed by atoms with Crippen LogP contribution in [0, 0.1) is 5.82 Å². The van der Waals surface area contributed by atoms with Crippen LogP contribution in [0.5, 0.6) is 5.75 Å². The van der Waals surface area contributed by atoms with Crippen LogP contribution in [0.15, 0.2) is 48.5 Å². The number of halogens is 1. The Bertz CT molecular complexity index is 596. The summed E-state index contributed by atoms with van der Waals surface area (Å²) in [5.74, 6) is 0.0431. The van der Waals surface area contributed by atoms with Gasteiger partial charge in [-0.05, 0) is 42.3 Å². The molecule has 21 heavy (non-hydrogen) atoms. The minimum absolute atomic E-state index is 0.306. The van der Waals surface area contributed by atoms with Gasteiger partial charge in [-0.2, -0.15) is 0 Å². The van der Waals surface area contributed by atoms with Gasteiger partial charge < -0.3 is 10.1 Å². The van der Waals surface area contributed by atoms with Gasteiger partial charge in [0.25, 0.3) is 5.91 Å². The molecule has 1 N–H and O–H groups in total. The molecule has 0 fully saturated rings. The average molecular weight is 287 g/mol. The largest absolute Gasteiger partial charge is 0.492 e. The van der Waals surface area contributed by atoms with Crippen molar-refractivity contribution in [3.63, 3.8) is 0 Å². The van der Waals surface area contributed by atoms with Gasteiger partial charge in [0.1, 0.15) is 18.2 Å². The second-order valence-corrected chi connectivity index (χ2v) is 4.61. The fourth-order valence-corrected chi connectivity index (χ4v) is 1.89. The average Bonchev–Trinajstić information content (AvgIpc) is 2.52. The summed E-state index contributed by atoms with van der Waals surface area (Å²) < 4.78 is 18.5. The maximum atomic E-state index is 13.0. The highest BCUT2D eigenvalue weighted by Gasteiger charge is 2.05. The van der Waals surface area contributed by atoms with Gasteiger partial charge in [0, 0.05) is 5.56 Å². The van der Waals surface area contributed by atoms with Gasteiger partial charge in [-0.25, -0.2) is 4.39 Å². The van der Waals surface area contributed by atoms with E-state index in [-0.39, 0.29) is 5.91 Å². The highest BCUT2D eigenvalue weighted by molar-refractivity contribution is 5.94. The van der Waals surface area contributed by atoms with E-state index in [0.29, 0.717) is 18.7 Å². The number of nitrogens with one attached hydrogen (secondary N) is 1. The van der Waals surface area contributed by atoms with E-state index in [0.717, 1.165) is 12.2 Å². The van der Waals surface area contributed by atoms with Crippen LogP contribution in [0.2, 0.25) is 0 Å². The van der Waals surface area contributed by atoms with Crippen molar-refractivity contribution in [3.05, 3.63) is 65.5 Å². The van der Waals surface area contributed by atoms with Gasteiger partial charge in [0.05, 0.1) is 6.54 Å². The van der Waals surface area contributed by atoms with E-state index in [4.69, 9.17) is 4.74 Å². The second-order valence-electron chi connectivity index (χ2n) is 4.61. The summed E-state index contributed by atoms with van der Waals surface area (Å²) in [4.78, 5) is 11.8. The first kappa shape index (κ1) is 15.0. The Balaban J connectivity index is 1.75. The third-order valence-corrected chi connectivity index (χ3v) is 3.07. The Kier molecular flexibility index (Phi) is 5.32. The predicted octanol–water partition coefficient (Wildman–Crippen LogP) is 3.20. The Morgan fingerprint density at radius 1 is 1.19 bits per heavy atom. The van der Waals surface area contributed by atoms with Crippen molar-refractivity contribution >= 4 is 5.91 Å². The van der Waals surface area contributed by atoms with Gasteiger partial charge >= 0.3 is 0 Å². The van der Waals surface area contributed by atoms with E-state index < -0.39 is 5.82 Å². The minimum Gasteiger partial charge on any atom is -0.492 e. The first-order valence-corrected chi connectivity index (χ1v) is 6.94. The van der Waals surface area contributed by atoms with Crippen LogP contribution < -0.4 is 10.1 Å². The van der Waals surface area contributed by atoms with E-state index in [1.54, 1.807) is 6.07 Å². The number of benzene rings is 2. The third-order valence-electron chi connectivity index (χ3n) is 3.07. The van der Waals surface area contributed by atoms with Crippen molar-refractivity contribution in [1.82, 2.24) is 5.32 Å². The molecule has 2 aromatic rings. The quantitative estimate of drug-likeness (QED) is 0.829. The Morgan fingerprint density at radius 3 is 2.62 bits per heavy atom. The van der Waals surface area contributed by atoms with Crippen molar-refractivity contribution in [2.45, 2.75) is 13.3 Å². The highest BCUT2D eigenvalue weighted by atomic mass is 19.1. The normalized spacial score (nSPS) is 10.2. The number of carbonyl (C=O) groups excluding carboxylic acids is 1. The molecule has 2 rings (SSSR count). The van der Waals surface area contributed by atoms with Gasteiger partial charge in [0.15, 0.2) is 0 Å². The zero-order chi connectivity index (χ0) is 15.1. The van der Waals surface area contributed by atoms with Crippen LogP contribution in [-0.4, -0.2) is 19.1 Å². The smallest absolute Gasteiger partial charge is 0.251 e. The SMILES string of the molecule is CCc1ccc(OCCNC(=O)c2cccc(F)c2)cc1. The summed E-state index contributed by atoms with van der Waals surface area (Å²) in [7, 11) is 0. The lowest BCUT2D eigenvalue weighted by Gasteiger charge is -2.08. The maximum absolute atomic E-state index is 13.0. The molecule has 4 heteroatoms. The molecule has 0 aromatic heterocycles. The van der Waals surface area contributed by atoms with Crippen molar-refractivity contribution in [3.8, 4) is 5.75 Å². The van der Waals surface area contributed by atoms with Gasteiger partial charge in [-0.1, -0.05) is 25.1 Å². The van der Waals surface area contributed by atoms with Gasteiger partial charge in [0.2, 0.25) is 0 Å². The van der Waals surface area contributed by atoms with Gasteiger partial charge in [-0.15, -0.1) is 0 Å². The second kappa shape index (κ2) is 7.43. The van der Waals surface area contributed by atoms with Crippen molar-refractivity contribution < 1.29 is 13.9 Å². The van der Waals surface area contributed by atoms with Crippen LogP contribution in [0.4, 0.5) is 4.39 Å². The molecule has 110 valence electrons. The summed E-state index contributed by atoms with van der Waals surface area (Å²) in [6.45, 7) is 2.83. The van der Waals surface area contributed by atoms with Crippen LogP contribution in [0.3, 0.4) is 0 Å². The lowest BCUT2D eigenvalue weighted by atomic mass is 10.2. The van der Waals surface area contributed by atoms with Crippen molar-refractivity contribution in [2.75, 3.05) is 13.2 Å². The van der Waals surface area contributed by atoms with E-state index in [1.807, 2.05) is 24.3 Å². The molecule has 3 nitrogen and oxygen atoms in total. The molecular weight excluding hydrogens is 269 g/mol. The molecule has 0 unspecified atom stereocenters. The standard InChI is InChI=1S/C17H18FNO2/c1-2-13-6-8-16(9-7-13)21-11-10-19-17(20)14-4-3-5-15(18)12-14/h3-9,12H,2,10-11H2,1H3,(H,19,20). The number of hydrogen-bond donors (Lipinski definition) is 1. The molecular formula is C17H18FNO2. The van der Waals surface area contributed by atoms with E-state index in [1.165, 1.54) is 23.8 Å². The first-order chi connectivity index (χ1) is 10.2.